The molecular weight excluding hydrogens is 192 g/mol. The largest absolute Gasteiger partial charge is 0.388 e. The van der Waals surface area contributed by atoms with Crippen molar-refractivity contribution in [1.82, 2.24) is 10.6 Å². The van der Waals surface area contributed by atoms with Crippen molar-refractivity contribution in [3.63, 3.8) is 0 Å². The SMILES string of the molecule is CNCC(C)C(=O)NC(C)(C)C(C)(C)O. The summed E-state index contributed by atoms with van der Waals surface area (Å²) in [6.45, 7) is 9.50. The standard InChI is InChI=1S/C11H24N2O2/c1-8(7-12-6)9(14)13-10(2,3)11(4,5)15/h8,12,15H,7H2,1-6H3,(H,13,14). The average molecular weight is 216 g/mol. The second kappa shape index (κ2) is 4.94. The van der Waals surface area contributed by atoms with Gasteiger partial charge < -0.3 is 15.7 Å². The molecule has 15 heavy (non-hydrogen) atoms. The van der Waals surface area contributed by atoms with E-state index in [4.69, 9.17) is 0 Å². The van der Waals surface area contributed by atoms with Gasteiger partial charge >= 0.3 is 0 Å². The molecule has 0 spiro atoms. The molecule has 0 aromatic carbocycles. The van der Waals surface area contributed by atoms with Crippen LogP contribution in [0.5, 0.6) is 0 Å². The number of hydrogen-bond acceptors (Lipinski definition) is 3. The van der Waals surface area contributed by atoms with Crippen LogP contribution in [0.3, 0.4) is 0 Å². The van der Waals surface area contributed by atoms with E-state index >= 15 is 0 Å². The topological polar surface area (TPSA) is 61.4 Å². The van der Waals surface area contributed by atoms with Gasteiger partial charge in [-0.15, -0.1) is 0 Å². The van der Waals surface area contributed by atoms with Crippen molar-refractivity contribution in [3.05, 3.63) is 0 Å². The molecule has 0 aromatic rings. The maximum atomic E-state index is 11.7. The average Bonchev–Trinajstić information content (AvgIpc) is 2.01. The molecule has 1 atom stereocenters. The smallest absolute Gasteiger partial charge is 0.224 e. The van der Waals surface area contributed by atoms with Gasteiger partial charge in [-0.25, -0.2) is 0 Å². The van der Waals surface area contributed by atoms with E-state index in [1.807, 2.05) is 27.8 Å². The molecule has 0 aliphatic rings. The Bertz CT molecular complexity index is 219. The van der Waals surface area contributed by atoms with Crippen LogP contribution >= 0.6 is 0 Å². The van der Waals surface area contributed by atoms with Crippen molar-refractivity contribution in [1.29, 1.82) is 0 Å². The zero-order chi connectivity index (χ0) is 12.3. The number of hydrogen-bond donors (Lipinski definition) is 3. The molecular formula is C11H24N2O2. The summed E-state index contributed by atoms with van der Waals surface area (Å²) < 4.78 is 0. The fraction of sp³-hybridized carbons (Fsp3) is 0.909. The van der Waals surface area contributed by atoms with Gasteiger partial charge in [-0.1, -0.05) is 6.92 Å². The molecule has 1 amide bonds. The number of carbonyl (C=O) groups excluding carboxylic acids is 1. The van der Waals surface area contributed by atoms with E-state index in [1.54, 1.807) is 13.8 Å². The summed E-state index contributed by atoms with van der Waals surface area (Å²) in [6.07, 6.45) is 0. The van der Waals surface area contributed by atoms with Gasteiger partial charge in [0.2, 0.25) is 5.91 Å². The predicted octanol–water partition coefficient (Wildman–Crippen LogP) is 0.508. The van der Waals surface area contributed by atoms with Crippen LogP contribution in [0.15, 0.2) is 0 Å². The van der Waals surface area contributed by atoms with Gasteiger partial charge in [0.1, 0.15) is 0 Å². The summed E-state index contributed by atoms with van der Waals surface area (Å²) in [4.78, 5) is 11.7. The van der Waals surface area contributed by atoms with Crippen molar-refractivity contribution in [2.75, 3.05) is 13.6 Å². The molecule has 0 aliphatic carbocycles. The zero-order valence-electron chi connectivity index (χ0n) is 10.6. The van der Waals surface area contributed by atoms with Crippen LogP contribution in [-0.4, -0.2) is 35.7 Å². The molecule has 0 heterocycles. The fourth-order valence-electron chi connectivity index (χ4n) is 0.983. The molecule has 3 N–H and O–H groups in total. The Labute approximate surface area is 92.4 Å². The highest BCUT2D eigenvalue weighted by molar-refractivity contribution is 5.79. The first-order chi connectivity index (χ1) is 6.62. The van der Waals surface area contributed by atoms with E-state index in [1.165, 1.54) is 0 Å². The molecule has 4 heteroatoms. The summed E-state index contributed by atoms with van der Waals surface area (Å²) >= 11 is 0. The minimum absolute atomic E-state index is 0.0449. The quantitative estimate of drug-likeness (QED) is 0.627. The number of rotatable bonds is 5. The van der Waals surface area contributed by atoms with Crippen LogP contribution in [0.1, 0.15) is 34.6 Å². The number of nitrogens with one attached hydrogen (secondary N) is 2. The minimum Gasteiger partial charge on any atom is -0.388 e. The minimum atomic E-state index is -0.942. The van der Waals surface area contributed by atoms with Gasteiger partial charge in [-0.05, 0) is 34.7 Å². The third kappa shape index (κ3) is 4.18. The van der Waals surface area contributed by atoms with Crippen molar-refractivity contribution in [2.24, 2.45) is 5.92 Å². The lowest BCUT2D eigenvalue weighted by molar-refractivity contribution is -0.129. The first-order valence-corrected chi connectivity index (χ1v) is 5.31. The summed E-state index contributed by atoms with van der Waals surface area (Å²) in [5.41, 5.74) is -1.58. The van der Waals surface area contributed by atoms with Crippen molar-refractivity contribution in [2.45, 2.75) is 45.8 Å². The molecule has 0 radical (unpaired) electrons. The molecule has 0 rings (SSSR count). The third-order valence-corrected chi connectivity index (χ3v) is 2.92. The highest BCUT2D eigenvalue weighted by Crippen LogP contribution is 2.20. The van der Waals surface area contributed by atoms with Crippen molar-refractivity contribution >= 4 is 5.91 Å². The lowest BCUT2D eigenvalue weighted by atomic mass is 9.85. The summed E-state index contributed by atoms with van der Waals surface area (Å²) in [7, 11) is 1.81. The molecule has 0 saturated heterocycles. The van der Waals surface area contributed by atoms with E-state index < -0.39 is 11.1 Å². The van der Waals surface area contributed by atoms with Gasteiger partial charge in [-0.2, -0.15) is 0 Å². The highest BCUT2D eigenvalue weighted by Gasteiger charge is 2.36. The summed E-state index contributed by atoms with van der Waals surface area (Å²) in [5, 5.41) is 15.7. The van der Waals surface area contributed by atoms with Crippen molar-refractivity contribution < 1.29 is 9.90 Å². The molecule has 0 bridgehead atoms. The Hall–Kier alpha value is -0.610. The van der Waals surface area contributed by atoms with E-state index in [0.717, 1.165) is 0 Å². The van der Waals surface area contributed by atoms with Crippen LogP contribution in [0.25, 0.3) is 0 Å². The van der Waals surface area contributed by atoms with Gasteiger partial charge in [0.25, 0.3) is 0 Å². The molecule has 0 aliphatic heterocycles. The molecule has 1 unspecified atom stereocenters. The first-order valence-electron chi connectivity index (χ1n) is 5.31. The summed E-state index contributed by atoms with van der Waals surface area (Å²) in [6, 6.07) is 0. The Morgan fingerprint density at radius 2 is 1.80 bits per heavy atom. The number of aliphatic hydroxyl groups is 1. The van der Waals surface area contributed by atoms with Gasteiger partial charge in [0.15, 0.2) is 0 Å². The Morgan fingerprint density at radius 1 is 1.33 bits per heavy atom. The Balaban J connectivity index is 4.41. The van der Waals surface area contributed by atoms with Crippen LogP contribution in [0.2, 0.25) is 0 Å². The van der Waals surface area contributed by atoms with E-state index in [9.17, 15) is 9.90 Å². The van der Waals surface area contributed by atoms with E-state index in [-0.39, 0.29) is 11.8 Å². The van der Waals surface area contributed by atoms with Crippen molar-refractivity contribution in [3.8, 4) is 0 Å². The van der Waals surface area contributed by atoms with Gasteiger partial charge in [0, 0.05) is 12.5 Å². The number of carbonyl (C=O) groups is 1. The predicted molar refractivity (Wildman–Crippen MR) is 61.6 cm³/mol. The normalized spacial score (nSPS) is 14.9. The maximum Gasteiger partial charge on any atom is 0.224 e. The molecule has 90 valence electrons. The van der Waals surface area contributed by atoms with Gasteiger partial charge in [-0.3, -0.25) is 4.79 Å². The molecule has 4 nitrogen and oxygen atoms in total. The van der Waals surface area contributed by atoms with E-state index in [2.05, 4.69) is 10.6 Å². The maximum absolute atomic E-state index is 11.7. The van der Waals surface area contributed by atoms with Crippen LogP contribution < -0.4 is 10.6 Å². The second-order valence-corrected chi connectivity index (χ2v) is 5.13. The van der Waals surface area contributed by atoms with Gasteiger partial charge in [0.05, 0.1) is 11.1 Å². The Kier molecular flexibility index (Phi) is 4.74. The van der Waals surface area contributed by atoms with Crippen LogP contribution in [0.4, 0.5) is 0 Å². The first kappa shape index (κ1) is 14.4. The molecule has 0 aromatic heterocycles. The lowest BCUT2D eigenvalue weighted by Crippen LogP contribution is -2.59. The second-order valence-electron chi connectivity index (χ2n) is 5.13. The number of amides is 1. The van der Waals surface area contributed by atoms with Crippen LogP contribution in [-0.2, 0) is 4.79 Å². The zero-order valence-corrected chi connectivity index (χ0v) is 10.6. The van der Waals surface area contributed by atoms with Crippen LogP contribution in [0, 0.1) is 5.92 Å². The Morgan fingerprint density at radius 3 is 2.13 bits per heavy atom. The highest BCUT2D eigenvalue weighted by atomic mass is 16.3. The molecule has 0 fully saturated rings. The lowest BCUT2D eigenvalue weighted by Gasteiger charge is -2.38. The fourth-order valence-corrected chi connectivity index (χ4v) is 0.983. The van der Waals surface area contributed by atoms with E-state index in [0.29, 0.717) is 6.54 Å². The molecule has 0 saturated carbocycles. The monoisotopic (exact) mass is 216 g/mol. The summed E-state index contributed by atoms with van der Waals surface area (Å²) in [5.74, 6) is -0.145. The third-order valence-electron chi connectivity index (χ3n) is 2.92.